The Morgan fingerprint density at radius 2 is 1.85 bits per heavy atom. The van der Waals surface area contributed by atoms with Gasteiger partial charge < -0.3 is 5.32 Å². The molecule has 0 saturated heterocycles. The van der Waals surface area contributed by atoms with Crippen molar-refractivity contribution >= 4 is 28.9 Å². The molecule has 0 radical (unpaired) electrons. The number of anilines is 1. The summed E-state index contributed by atoms with van der Waals surface area (Å²) in [5, 5.41) is 3.96. The predicted molar refractivity (Wildman–Crippen MR) is 73.0 cm³/mol. The average molecular weight is 321 g/mol. The van der Waals surface area contributed by atoms with Crippen LogP contribution in [-0.2, 0) is 12.7 Å². The van der Waals surface area contributed by atoms with Crippen molar-refractivity contribution in [2.75, 3.05) is 5.32 Å². The summed E-state index contributed by atoms with van der Waals surface area (Å²) in [6.45, 7) is 0.364. The molecule has 0 fully saturated rings. The maximum atomic E-state index is 12.3. The molecule has 0 spiro atoms. The lowest BCUT2D eigenvalue weighted by Gasteiger charge is -2.10. The number of halogens is 5. The van der Waals surface area contributed by atoms with E-state index in [9.17, 15) is 13.2 Å². The Kier molecular flexibility index (Phi) is 4.40. The number of rotatable bonds is 3. The number of benzene rings is 1. The molecule has 0 amide bonds. The van der Waals surface area contributed by atoms with Gasteiger partial charge in [-0.25, -0.2) is 4.98 Å². The van der Waals surface area contributed by atoms with Crippen LogP contribution in [0.2, 0.25) is 10.0 Å². The second-order valence-corrected chi connectivity index (χ2v) is 4.86. The number of hydrogen-bond donors (Lipinski definition) is 1. The number of pyridine rings is 1. The van der Waals surface area contributed by atoms with Crippen molar-refractivity contribution in [2.24, 2.45) is 0 Å². The fraction of sp³-hybridized carbons (Fsp3) is 0.154. The van der Waals surface area contributed by atoms with Crippen molar-refractivity contribution < 1.29 is 13.2 Å². The first-order valence-electron chi connectivity index (χ1n) is 5.57. The quantitative estimate of drug-likeness (QED) is 0.859. The zero-order valence-electron chi connectivity index (χ0n) is 10.0. The maximum absolute atomic E-state index is 12.3. The van der Waals surface area contributed by atoms with Crippen molar-refractivity contribution in [3.05, 3.63) is 57.8 Å². The van der Waals surface area contributed by atoms with Crippen LogP contribution >= 0.6 is 23.2 Å². The lowest BCUT2D eigenvalue weighted by Crippen LogP contribution is -2.08. The normalized spacial score (nSPS) is 11.4. The zero-order chi connectivity index (χ0) is 14.8. The number of nitrogens with zero attached hydrogens (tertiary/aromatic N) is 1. The molecule has 0 aliphatic heterocycles. The molecule has 0 atom stereocenters. The second kappa shape index (κ2) is 5.89. The summed E-state index contributed by atoms with van der Waals surface area (Å²) in [6.07, 6.45) is -3.30. The fourth-order valence-electron chi connectivity index (χ4n) is 1.53. The van der Waals surface area contributed by atoms with Crippen LogP contribution in [0.1, 0.15) is 11.3 Å². The van der Waals surface area contributed by atoms with Gasteiger partial charge in [0.05, 0.1) is 11.9 Å². The Labute approximate surface area is 123 Å². The molecule has 2 rings (SSSR count). The van der Waals surface area contributed by atoms with Crippen LogP contribution in [0.3, 0.4) is 0 Å². The third kappa shape index (κ3) is 3.77. The summed E-state index contributed by atoms with van der Waals surface area (Å²) < 4.78 is 37.0. The van der Waals surface area contributed by atoms with E-state index < -0.39 is 11.9 Å². The Balaban J connectivity index is 2.04. The third-order valence-electron chi connectivity index (χ3n) is 2.55. The highest BCUT2D eigenvalue weighted by Crippen LogP contribution is 2.28. The Bertz CT molecular complexity index is 598. The van der Waals surface area contributed by atoms with Crippen LogP contribution in [0, 0.1) is 0 Å². The Morgan fingerprint density at radius 3 is 2.40 bits per heavy atom. The number of hydrogen-bond acceptors (Lipinski definition) is 2. The molecule has 106 valence electrons. The molecule has 0 unspecified atom stereocenters. The third-order valence-corrected chi connectivity index (χ3v) is 3.14. The molecule has 0 bridgehead atoms. The molecule has 7 heteroatoms. The highest BCUT2D eigenvalue weighted by molar-refractivity contribution is 6.35. The van der Waals surface area contributed by atoms with Gasteiger partial charge in [0.2, 0.25) is 0 Å². The average Bonchev–Trinajstić information content (AvgIpc) is 2.37. The molecule has 2 aromatic rings. The van der Waals surface area contributed by atoms with Gasteiger partial charge in [-0.15, -0.1) is 0 Å². The van der Waals surface area contributed by atoms with Crippen molar-refractivity contribution in [1.82, 2.24) is 4.98 Å². The number of nitrogens with one attached hydrogen (secondary N) is 1. The smallest absolute Gasteiger partial charge is 0.380 e. The van der Waals surface area contributed by atoms with Crippen molar-refractivity contribution in [3.8, 4) is 0 Å². The highest BCUT2D eigenvalue weighted by Gasteiger charge is 2.31. The standard InChI is InChI=1S/C13H9Cl2F3N2/c14-9-2-1-8(11(15)5-9)6-19-10-3-4-12(20-7-10)13(16,17)18/h1-5,7,19H,6H2. The maximum Gasteiger partial charge on any atom is 0.433 e. The van der Waals surface area contributed by atoms with E-state index in [4.69, 9.17) is 23.2 Å². The highest BCUT2D eigenvalue weighted by atomic mass is 35.5. The second-order valence-electron chi connectivity index (χ2n) is 4.02. The lowest BCUT2D eigenvalue weighted by atomic mass is 10.2. The van der Waals surface area contributed by atoms with E-state index in [1.807, 2.05) is 0 Å². The van der Waals surface area contributed by atoms with E-state index in [1.54, 1.807) is 18.2 Å². The minimum Gasteiger partial charge on any atom is -0.380 e. The van der Waals surface area contributed by atoms with E-state index >= 15 is 0 Å². The van der Waals surface area contributed by atoms with Gasteiger partial charge in [-0.3, -0.25) is 0 Å². The van der Waals surface area contributed by atoms with E-state index in [0.29, 0.717) is 22.3 Å². The van der Waals surface area contributed by atoms with Crippen LogP contribution in [0.4, 0.5) is 18.9 Å². The van der Waals surface area contributed by atoms with E-state index in [1.165, 1.54) is 6.07 Å². The molecule has 0 aliphatic carbocycles. The molecule has 2 nitrogen and oxygen atoms in total. The van der Waals surface area contributed by atoms with Crippen molar-refractivity contribution in [3.63, 3.8) is 0 Å². The van der Waals surface area contributed by atoms with Gasteiger partial charge in [-0.05, 0) is 29.8 Å². The largest absolute Gasteiger partial charge is 0.433 e. The summed E-state index contributed by atoms with van der Waals surface area (Å²) in [5.74, 6) is 0. The van der Waals surface area contributed by atoms with Gasteiger partial charge in [-0.1, -0.05) is 29.3 Å². The first kappa shape index (κ1) is 14.9. The minimum absolute atomic E-state index is 0.364. The monoisotopic (exact) mass is 320 g/mol. The van der Waals surface area contributed by atoms with Crippen LogP contribution in [0.15, 0.2) is 36.5 Å². The Hall–Kier alpha value is -1.46. The number of alkyl halides is 3. The van der Waals surface area contributed by atoms with Crippen LogP contribution < -0.4 is 5.32 Å². The lowest BCUT2D eigenvalue weighted by molar-refractivity contribution is -0.141. The molecule has 0 aliphatic rings. The van der Waals surface area contributed by atoms with Crippen molar-refractivity contribution in [2.45, 2.75) is 12.7 Å². The van der Waals surface area contributed by atoms with Gasteiger partial charge in [0, 0.05) is 16.6 Å². The van der Waals surface area contributed by atoms with Crippen molar-refractivity contribution in [1.29, 1.82) is 0 Å². The summed E-state index contributed by atoms with van der Waals surface area (Å²) in [5.41, 5.74) is 0.340. The van der Waals surface area contributed by atoms with E-state index in [2.05, 4.69) is 10.3 Å². The predicted octanol–water partition coefficient (Wildman–Crippen LogP) is 5.02. The summed E-state index contributed by atoms with van der Waals surface area (Å²) in [4.78, 5) is 3.36. The minimum atomic E-state index is -4.43. The molecular weight excluding hydrogens is 312 g/mol. The van der Waals surface area contributed by atoms with Crippen LogP contribution in [0.25, 0.3) is 0 Å². The SMILES string of the molecule is FC(F)(F)c1ccc(NCc2ccc(Cl)cc2Cl)cn1. The van der Waals surface area contributed by atoms with E-state index in [-0.39, 0.29) is 0 Å². The summed E-state index contributed by atoms with van der Waals surface area (Å²) >= 11 is 11.8. The van der Waals surface area contributed by atoms with Crippen LogP contribution in [0.5, 0.6) is 0 Å². The van der Waals surface area contributed by atoms with Gasteiger partial charge in [0.25, 0.3) is 0 Å². The molecule has 0 saturated carbocycles. The molecular formula is C13H9Cl2F3N2. The number of aromatic nitrogens is 1. The Morgan fingerprint density at radius 1 is 1.10 bits per heavy atom. The molecule has 1 aromatic heterocycles. The summed E-state index contributed by atoms with van der Waals surface area (Å²) in [7, 11) is 0. The summed E-state index contributed by atoms with van der Waals surface area (Å²) in [6, 6.07) is 7.28. The first-order valence-corrected chi connectivity index (χ1v) is 6.33. The molecule has 1 heterocycles. The fourth-order valence-corrected chi connectivity index (χ4v) is 2.00. The molecule has 1 N–H and O–H groups in total. The topological polar surface area (TPSA) is 24.9 Å². The van der Waals surface area contributed by atoms with Gasteiger partial charge >= 0.3 is 6.18 Å². The first-order chi connectivity index (χ1) is 9.36. The van der Waals surface area contributed by atoms with Crippen LogP contribution in [-0.4, -0.2) is 4.98 Å². The van der Waals surface area contributed by atoms with E-state index in [0.717, 1.165) is 17.8 Å². The molecule has 20 heavy (non-hydrogen) atoms. The molecule has 1 aromatic carbocycles. The zero-order valence-corrected chi connectivity index (χ0v) is 11.5. The van der Waals surface area contributed by atoms with Gasteiger partial charge in [0.15, 0.2) is 0 Å². The van der Waals surface area contributed by atoms with Gasteiger partial charge in [-0.2, -0.15) is 13.2 Å². The van der Waals surface area contributed by atoms with Gasteiger partial charge in [0.1, 0.15) is 5.69 Å².